The van der Waals surface area contributed by atoms with Crippen molar-refractivity contribution in [1.29, 1.82) is 0 Å². The van der Waals surface area contributed by atoms with Crippen LogP contribution in [0, 0.1) is 0 Å². The first-order valence-electron chi connectivity index (χ1n) is 12.1. The van der Waals surface area contributed by atoms with E-state index in [1.54, 1.807) is 0 Å². The summed E-state index contributed by atoms with van der Waals surface area (Å²) in [6.07, 6.45) is -5.48. The van der Waals surface area contributed by atoms with Crippen LogP contribution in [-0.4, -0.2) is 49.2 Å². The van der Waals surface area contributed by atoms with Crippen LogP contribution >= 0.6 is 11.6 Å². The molecule has 0 bridgehead atoms. The summed E-state index contributed by atoms with van der Waals surface area (Å²) in [7, 11) is 0. The maximum Gasteiger partial charge on any atom is 0.320 e. The van der Waals surface area contributed by atoms with Gasteiger partial charge in [-0.1, -0.05) is 91.0 Å². The summed E-state index contributed by atoms with van der Waals surface area (Å²) >= 11 is 5.58. The van der Waals surface area contributed by atoms with Crippen molar-refractivity contribution in [3.63, 3.8) is 0 Å². The van der Waals surface area contributed by atoms with Gasteiger partial charge in [0.1, 0.15) is 36.9 Å². The first-order valence-corrected chi connectivity index (χ1v) is 12.6. The van der Waals surface area contributed by atoms with Gasteiger partial charge in [-0.3, -0.25) is 4.79 Å². The number of esters is 1. The first kappa shape index (κ1) is 27.2. The van der Waals surface area contributed by atoms with Gasteiger partial charge in [0.05, 0.1) is 19.8 Å². The summed E-state index contributed by atoms with van der Waals surface area (Å²) in [5, 5.41) is 0. The molecule has 8 heteroatoms. The second kappa shape index (κ2) is 14.2. The van der Waals surface area contributed by atoms with Crippen LogP contribution in [0.15, 0.2) is 91.0 Å². The minimum Gasteiger partial charge on any atom is -0.462 e. The second-order valence-electron chi connectivity index (χ2n) is 8.63. The van der Waals surface area contributed by atoms with E-state index >= 15 is 4.39 Å². The molecule has 0 saturated carbocycles. The van der Waals surface area contributed by atoms with Gasteiger partial charge < -0.3 is 23.7 Å². The van der Waals surface area contributed by atoms with Crippen LogP contribution in [0.4, 0.5) is 4.39 Å². The molecule has 0 amide bonds. The maximum atomic E-state index is 15.5. The molecule has 5 atom stereocenters. The molecule has 0 aliphatic carbocycles. The fraction of sp³-hybridized carbons (Fsp3) is 0.345. The average molecular weight is 529 g/mol. The van der Waals surface area contributed by atoms with Gasteiger partial charge in [0.25, 0.3) is 0 Å². The van der Waals surface area contributed by atoms with E-state index in [0.29, 0.717) is 0 Å². The molecule has 1 heterocycles. The van der Waals surface area contributed by atoms with Crippen molar-refractivity contribution < 1.29 is 32.9 Å². The lowest BCUT2D eigenvalue weighted by Crippen LogP contribution is -2.60. The largest absolute Gasteiger partial charge is 0.462 e. The molecule has 1 aliphatic heterocycles. The Balaban J connectivity index is 1.57. The second-order valence-corrected chi connectivity index (χ2v) is 8.89. The van der Waals surface area contributed by atoms with E-state index in [2.05, 4.69) is 0 Å². The predicted molar refractivity (Wildman–Crippen MR) is 137 cm³/mol. The standard InChI is InChI=1S/C29H30ClFO6/c30-16-25(32)33-20-24-26(34-17-21-10-4-1-5-11-21)27(35-18-22-12-6-2-7-13-22)28(29(31)37-24)36-19-23-14-8-3-9-15-23/h1-15,24,26-29H,16-20H2/t24-,26-,27+,28-,29+/m1/s1. The van der Waals surface area contributed by atoms with Gasteiger partial charge in [0.2, 0.25) is 6.36 Å². The van der Waals surface area contributed by atoms with Crippen LogP contribution in [0.25, 0.3) is 0 Å². The molecule has 0 radical (unpaired) electrons. The molecule has 0 aromatic heterocycles. The van der Waals surface area contributed by atoms with Gasteiger partial charge in [-0.05, 0) is 16.7 Å². The highest BCUT2D eigenvalue weighted by molar-refractivity contribution is 6.26. The third-order valence-corrected chi connectivity index (χ3v) is 6.17. The Morgan fingerprint density at radius 2 is 1.14 bits per heavy atom. The first-order chi connectivity index (χ1) is 18.1. The Bertz CT molecular complexity index is 1070. The number of alkyl halides is 2. The van der Waals surface area contributed by atoms with Crippen molar-refractivity contribution in [1.82, 2.24) is 0 Å². The highest BCUT2D eigenvalue weighted by Gasteiger charge is 2.49. The lowest BCUT2D eigenvalue weighted by Gasteiger charge is -2.43. The third kappa shape index (κ3) is 8.09. The van der Waals surface area contributed by atoms with E-state index < -0.39 is 36.7 Å². The smallest absolute Gasteiger partial charge is 0.320 e. The van der Waals surface area contributed by atoms with Gasteiger partial charge in [0.15, 0.2) is 0 Å². The fourth-order valence-corrected chi connectivity index (χ4v) is 4.16. The summed E-state index contributed by atoms with van der Waals surface area (Å²) in [5.41, 5.74) is 2.72. The number of benzene rings is 3. The Morgan fingerprint density at radius 3 is 1.59 bits per heavy atom. The molecule has 0 N–H and O–H groups in total. The SMILES string of the molecule is O=C(CCl)OC[C@H]1O[C@H](F)[C@H](OCc2ccccc2)[C@@H](OCc2ccccc2)[C@@H]1OCc1ccccc1. The molecule has 1 saturated heterocycles. The fourth-order valence-electron chi connectivity index (χ4n) is 4.08. The topological polar surface area (TPSA) is 63.2 Å². The molecule has 0 spiro atoms. The number of carbonyl (C=O) groups is 1. The van der Waals surface area contributed by atoms with Gasteiger partial charge in [0, 0.05) is 0 Å². The van der Waals surface area contributed by atoms with Gasteiger partial charge in [-0.2, -0.15) is 0 Å². The van der Waals surface area contributed by atoms with E-state index in [1.165, 1.54) is 0 Å². The monoisotopic (exact) mass is 528 g/mol. The van der Waals surface area contributed by atoms with Gasteiger partial charge in [-0.25, -0.2) is 4.39 Å². The minimum atomic E-state index is -1.83. The normalized spacial score (nSPS) is 23.5. The number of rotatable bonds is 12. The quantitative estimate of drug-likeness (QED) is 0.237. The van der Waals surface area contributed by atoms with Crippen molar-refractivity contribution in [3.05, 3.63) is 108 Å². The van der Waals surface area contributed by atoms with E-state index in [9.17, 15) is 4.79 Å². The number of hydrogen-bond donors (Lipinski definition) is 0. The number of carbonyl (C=O) groups excluding carboxylic acids is 1. The summed E-state index contributed by atoms with van der Waals surface area (Å²) < 4.78 is 44.9. The van der Waals surface area contributed by atoms with Crippen LogP contribution < -0.4 is 0 Å². The highest BCUT2D eigenvalue weighted by atomic mass is 35.5. The molecule has 6 nitrogen and oxygen atoms in total. The van der Waals surface area contributed by atoms with Crippen LogP contribution in [0.5, 0.6) is 0 Å². The molecule has 37 heavy (non-hydrogen) atoms. The lowest BCUT2D eigenvalue weighted by atomic mass is 9.98. The molecule has 1 fully saturated rings. The molecule has 3 aromatic rings. The number of ether oxygens (including phenoxy) is 5. The molecule has 3 aromatic carbocycles. The number of hydrogen-bond acceptors (Lipinski definition) is 6. The number of halogens is 2. The summed E-state index contributed by atoms with van der Waals surface area (Å²) in [6, 6.07) is 28.6. The summed E-state index contributed by atoms with van der Waals surface area (Å²) in [4.78, 5) is 11.7. The van der Waals surface area contributed by atoms with Crippen LogP contribution in [0.1, 0.15) is 16.7 Å². The summed E-state index contributed by atoms with van der Waals surface area (Å²) in [6.45, 7) is 0.366. The zero-order valence-corrected chi connectivity index (χ0v) is 21.0. The van der Waals surface area contributed by atoms with E-state index in [0.717, 1.165) is 16.7 Å². The molecule has 1 aliphatic rings. The van der Waals surface area contributed by atoms with Gasteiger partial charge >= 0.3 is 5.97 Å². The van der Waals surface area contributed by atoms with E-state index in [4.69, 9.17) is 35.3 Å². The third-order valence-electron chi connectivity index (χ3n) is 5.95. The Hall–Kier alpha value is -2.81. The van der Waals surface area contributed by atoms with E-state index in [-0.39, 0.29) is 32.3 Å². The van der Waals surface area contributed by atoms with E-state index in [1.807, 2.05) is 91.0 Å². The average Bonchev–Trinajstić information content (AvgIpc) is 2.95. The van der Waals surface area contributed by atoms with Crippen molar-refractivity contribution >= 4 is 17.6 Å². The Morgan fingerprint density at radius 1 is 0.703 bits per heavy atom. The van der Waals surface area contributed by atoms with Crippen molar-refractivity contribution in [2.75, 3.05) is 12.5 Å². The Kier molecular flexibility index (Phi) is 10.5. The molecule has 4 rings (SSSR count). The zero-order valence-electron chi connectivity index (χ0n) is 20.3. The Labute approximate surface area is 221 Å². The molecular weight excluding hydrogens is 499 g/mol. The molecular formula is C29H30ClFO6. The van der Waals surface area contributed by atoms with Gasteiger partial charge in [-0.15, -0.1) is 11.6 Å². The highest BCUT2D eigenvalue weighted by Crippen LogP contribution is 2.31. The van der Waals surface area contributed by atoms with Crippen molar-refractivity contribution in [3.8, 4) is 0 Å². The maximum absolute atomic E-state index is 15.5. The van der Waals surface area contributed by atoms with Crippen LogP contribution in [0.3, 0.4) is 0 Å². The summed E-state index contributed by atoms with van der Waals surface area (Å²) in [5.74, 6) is -0.954. The zero-order chi connectivity index (χ0) is 25.9. The molecule has 0 unspecified atom stereocenters. The minimum absolute atomic E-state index is 0.164. The van der Waals surface area contributed by atoms with Crippen molar-refractivity contribution in [2.45, 2.75) is 50.6 Å². The molecule has 196 valence electrons. The lowest BCUT2D eigenvalue weighted by molar-refractivity contribution is -0.297. The van der Waals surface area contributed by atoms with Crippen LogP contribution in [-0.2, 0) is 48.3 Å². The predicted octanol–water partition coefficient (Wildman–Crippen LogP) is 5.22. The van der Waals surface area contributed by atoms with Crippen molar-refractivity contribution in [2.24, 2.45) is 0 Å². The van der Waals surface area contributed by atoms with Crippen LogP contribution in [0.2, 0.25) is 0 Å².